The number of hydrogen-bond acceptors (Lipinski definition) is 5. The fourth-order valence-corrected chi connectivity index (χ4v) is 3.38. The van der Waals surface area contributed by atoms with E-state index in [9.17, 15) is 9.90 Å². The van der Waals surface area contributed by atoms with Gasteiger partial charge in [0, 0.05) is 43.7 Å². The van der Waals surface area contributed by atoms with Gasteiger partial charge in [-0.25, -0.2) is 0 Å². The summed E-state index contributed by atoms with van der Waals surface area (Å²) in [5.41, 5.74) is 0.738. The minimum absolute atomic E-state index is 0.0846. The Labute approximate surface area is 148 Å². The van der Waals surface area contributed by atoms with E-state index in [1.807, 2.05) is 30.0 Å². The van der Waals surface area contributed by atoms with Crippen LogP contribution >= 0.6 is 0 Å². The summed E-state index contributed by atoms with van der Waals surface area (Å²) in [7, 11) is 1.59. The zero-order chi connectivity index (χ0) is 18.2. The van der Waals surface area contributed by atoms with Crippen molar-refractivity contribution in [3.05, 3.63) is 29.5 Å². The van der Waals surface area contributed by atoms with E-state index in [0.29, 0.717) is 36.7 Å². The van der Waals surface area contributed by atoms with Gasteiger partial charge in [0.05, 0.1) is 12.7 Å². The second-order valence-corrected chi connectivity index (χ2v) is 7.27. The molecule has 136 valence electrons. The number of benzene rings is 1. The molecule has 1 aromatic carbocycles. The molecule has 25 heavy (non-hydrogen) atoms. The monoisotopic (exact) mass is 346 g/mol. The highest BCUT2D eigenvalue weighted by atomic mass is 16.5. The van der Waals surface area contributed by atoms with Crippen molar-refractivity contribution >= 4 is 16.9 Å². The molecule has 6 nitrogen and oxygen atoms in total. The van der Waals surface area contributed by atoms with Crippen LogP contribution in [0.25, 0.3) is 11.0 Å². The Balaban J connectivity index is 1.76. The number of furan rings is 1. The predicted molar refractivity (Wildman–Crippen MR) is 96.1 cm³/mol. The maximum atomic E-state index is 12.9. The molecule has 1 aromatic heterocycles. The molecule has 0 bridgehead atoms. The number of aliphatic hydroxyl groups is 1. The molecule has 1 N–H and O–H groups in total. The molecule has 2 heterocycles. The van der Waals surface area contributed by atoms with Crippen LogP contribution in [0.4, 0.5) is 0 Å². The first kappa shape index (κ1) is 17.8. The number of aryl methyl sites for hydroxylation is 1. The molecule has 1 saturated heterocycles. The first-order chi connectivity index (χ1) is 11.8. The van der Waals surface area contributed by atoms with Gasteiger partial charge in [-0.15, -0.1) is 0 Å². The maximum absolute atomic E-state index is 12.9. The summed E-state index contributed by atoms with van der Waals surface area (Å²) in [5, 5.41) is 10.8. The average molecular weight is 346 g/mol. The molecule has 1 aliphatic rings. The largest absolute Gasteiger partial charge is 0.493 e. The van der Waals surface area contributed by atoms with Gasteiger partial charge in [-0.05, 0) is 26.8 Å². The lowest BCUT2D eigenvalue weighted by Crippen LogP contribution is -2.52. The third kappa shape index (κ3) is 3.65. The van der Waals surface area contributed by atoms with Gasteiger partial charge >= 0.3 is 0 Å². The molecule has 0 aliphatic carbocycles. The second-order valence-electron chi connectivity index (χ2n) is 7.27. The molecule has 6 heteroatoms. The lowest BCUT2D eigenvalue weighted by molar-refractivity contribution is 0.0172. The number of para-hydroxylation sites is 1. The highest BCUT2D eigenvalue weighted by molar-refractivity contribution is 6.00. The van der Waals surface area contributed by atoms with Gasteiger partial charge in [0.1, 0.15) is 0 Å². The zero-order valence-electron chi connectivity index (χ0n) is 15.3. The van der Waals surface area contributed by atoms with Crippen LogP contribution in [0.3, 0.4) is 0 Å². The fraction of sp³-hybridized carbons (Fsp3) is 0.526. The van der Waals surface area contributed by atoms with Crippen molar-refractivity contribution in [2.45, 2.75) is 26.4 Å². The number of β-amino-alcohol motifs (C(OH)–C–C–N with tert-alkyl or cyclic N) is 1. The number of ether oxygens (including phenoxy) is 1. The number of rotatable bonds is 4. The van der Waals surface area contributed by atoms with Crippen LogP contribution in [-0.4, -0.2) is 66.2 Å². The van der Waals surface area contributed by atoms with Crippen molar-refractivity contribution in [2.75, 3.05) is 39.8 Å². The SMILES string of the molecule is COc1cccc2c(C)c(C(=O)N3CCN(CC(C)(C)O)CC3)oc12. The van der Waals surface area contributed by atoms with Crippen LogP contribution in [0.1, 0.15) is 30.0 Å². The van der Waals surface area contributed by atoms with E-state index in [-0.39, 0.29) is 5.91 Å². The number of amides is 1. The standard InChI is InChI=1S/C19H26N2O4/c1-13-14-6-5-7-15(24-4)17(14)25-16(13)18(22)21-10-8-20(9-11-21)12-19(2,3)23/h5-7,23H,8-12H2,1-4H3. The van der Waals surface area contributed by atoms with Crippen LogP contribution in [0, 0.1) is 6.92 Å². The zero-order valence-corrected chi connectivity index (χ0v) is 15.3. The number of hydrogen-bond donors (Lipinski definition) is 1. The Morgan fingerprint density at radius 3 is 2.56 bits per heavy atom. The lowest BCUT2D eigenvalue weighted by Gasteiger charge is -2.37. The van der Waals surface area contributed by atoms with Crippen molar-refractivity contribution in [1.29, 1.82) is 0 Å². The summed E-state index contributed by atoms with van der Waals surface area (Å²) in [6.07, 6.45) is 0. The number of nitrogens with zero attached hydrogens (tertiary/aromatic N) is 2. The second kappa shape index (κ2) is 6.69. The average Bonchev–Trinajstić information content (AvgIpc) is 2.90. The summed E-state index contributed by atoms with van der Waals surface area (Å²) in [4.78, 5) is 16.9. The van der Waals surface area contributed by atoms with E-state index in [0.717, 1.165) is 24.0 Å². The molecule has 1 fully saturated rings. The van der Waals surface area contributed by atoms with Crippen molar-refractivity contribution in [2.24, 2.45) is 0 Å². The van der Waals surface area contributed by atoms with E-state index in [2.05, 4.69) is 4.90 Å². The smallest absolute Gasteiger partial charge is 0.289 e. The molecule has 2 aromatic rings. The molecule has 0 unspecified atom stereocenters. The van der Waals surface area contributed by atoms with E-state index in [1.165, 1.54) is 0 Å². The van der Waals surface area contributed by atoms with Gasteiger partial charge in [0.25, 0.3) is 5.91 Å². The molecule has 1 amide bonds. The molecule has 0 spiro atoms. The molecule has 3 rings (SSSR count). The van der Waals surface area contributed by atoms with E-state index >= 15 is 0 Å². The van der Waals surface area contributed by atoms with E-state index < -0.39 is 5.60 Å². The van der Waals surface area contributed by atoms with Gasteiger partial charge in [0.15, 0.2) is 17.1 Å². The molecular formula is C19H26N2O4. The fourth-order valence-electron chi connectivity index (χ4n) is 3.38. The van der Waals surface area contributed by atoms with Crippen LogP contribution in [-0.2, 0) is 0 Å². The summed E-state index contributed by atoms with van der Waals surface area (Å²) >= 11 is 0. The Morgan fingerprint density at radius 1 is 1.28 bits per heavy atom. The highest BCUT2D eigenvalue weighted by Gasteiger charge is 2.29. The van der Waals surface area contributed by atoms with Crippen LogP contribution in [0.15, 0.2) is 22.6 Å². The highest BCUT2D eigenvalue weighted by Crippen LogP contribution is 2.32. The van der Waals surface area contributed by atoms with Crippen molar-refractivity contribution in [1.82, 2.24) is 9.80 Å². The van der Waals surface area contributed by atoms with Crippen molar-refractivity contribution < 1.29 is 19.1 Å². The number of fused-ring (bicyclic) bond motifs is 1. The number of carbonyl (C=O) groups excluding carboxylic acids is 1. The molecule has 0 atom stereocenters. The Morgan fingerprint density at radius 2 is 1.96 bits per heavy atom. The molecule has 0 radical (unpaired) electrons. The minimum Gasteiger partial charge on any atom is -0.493 e. The molecular weight excluding hydrogens is 320 g/mol. The topological polar surface area (TPSA) is 66.2 Å². The molecule has 1 aliphatic heterocycles. The van der Waals surface area contributed by atoms with Gasteiger partial charge < -0.3 is 19.2 Å². The number of carbonyl (C=O) groups is 1. The van der Waals surface area contributed by atoms with E-state index in [1.54, 1.807) is 21.0 Å². The third-order valence-corrected chi connectivity index (χ3v) is 4.61. The van der Waals surface area contributed by atoms with Crippen LogP contribution in [0.2, 0.25) is 0 Å². The van der Waals surface area contributed by atoms with Gasteiger partial charge in [-0.2, -0.15) is 0 Å². The summed E-state index contributed by atoms with van der Waals surface area (Å²) in [6.45, 7) is 8.87. The maximum Gasteiger partial charge on any atom is 0.289 e. The van der Waals surface area contributed by atoms with Crippen molar-refractivity contribution in [3.63, 3.8) is 0 Å². The Hall–Kier alpha value is -2.05. The summed E-state index contributed by atoms with van der Waals surface area (Å²) in [6, 6.07) is 5.66. The Kier molecular flexibility index (Phi) is 4.75. The minimum atomic E-state index is -0.724. The van der Waals surface area contributed by atoms with Crippen LogP contribution in [0.5, 0.6) is 5.75 Å². The van der Waals surface area contributed by atoms with Crippen LogP contribution < -0.4 is 4.74 Å². The number of methoxy groups -OCH3 is 1. The summed E-state index contributed by atoms with van der Waals surface area (Å²) in [5.74, 6) is 0.934. The molecule has 0 saturated carbocycles. The van der Waals surface area contributed by atoms with Crippen molar-refractivity contribution in [3.8, 4) is 5.75 Å². The van der Waals surface area contributed by atoms with Gasteiger partial charge in [0.2, 0.25) is 0 Å². The predicted octanol–water partition coefficient (Wildman–Crippen LogP) is 2.28. The van der Waals surface area contributed by atoms with E-state index in [4.69, 9.17) is 9.15 Å². The first-order valence-corrected chi connectivity index (χ1v) is 8.60. The van der Waals surface area contributed by atoms with Gasteiger partial charge in [-0.3, -0.25) is 9.69 Å². The lowest BCUT2D eigenvalue weighted by atomic mass is 10.1. The summed E-state index contributed by atoms with van der Waals surface area (Å²) < 4.78 is 11.2. The normalized spacial score (nSPS) is 16.4. The quantitative estimate of drug-likeness (QED) is 0.920. The third-order valence-electron chi connectivity index (χ3n) is 4.61. The number of piperazine rings is 1. The van der Waals surface area contributed by atoms with Gasteiger partial charge in [-0.1, -0.05) is 12.1 Å². The first-order valence-electron chi connectivity index (χ1n) is 8.60. The Bertz CT molecular complexity index is 768.